The van der Waals surface area contributed by atoms with Crippen molar-refractivity contribution in [2.75, 3.05) is 31.5 Å². The summed E-state index contributed by atoms with van der Waals surface area (Å²) in [7, 11) is 0. The quantitative estimate of drug-likeness (QED) is 0.887. The molecule has 4 nitrogen and oxygen atoms in total. The van der Waals surface area contributed by atoms with E-state index < -0.39 is 11.6 Å². The number of hydrogen-bond acceptors (Lipinski definition) is 3. The van der Waals surface area contributed by atoms with Gasteiger partial charge >= 0.3 is 0 Å². The van der Waals surface area contributed by atoms with E-state index in [1.165, 1.54) is 0 Å². The zero-order valence-electron chi connectivity index (χ0n) is 11.9. The summed E-state index contributed by atoms with van der Waals surface area (Å²) in [4.78, 5) is 14.2. The number of halogens is 2. The Bertz CT molecular complexity index is 531. The lowest BCUT2D eigenvalue weighted by atomic mass is 9.95. The minimum absolute atomic E-state index is 0.159. The molecule has 3 atom stereocenters. The summed E-state index contributed by atoms with van der Waals surface area (Å²) < 4.78 is 26.2. The van der Waals surface area contributed by atoms with Crippen LogP contribution in [-0.2, 0) is 4.79 Å². The fraction of sp³-hybridized carbons (Fsp3) is 0.533. The average Bonchev–Trinajstić information content (AvgIpc) is 2.93. The molecule has 3 rings (SSSR count). The molecule has 0 aliphatic carbocycles. The lowest BCUT2D eigenvalue weighted by molar-refractivity contribution is -0.117. The van der Waals surface area contributed by atoms with Crippen LogP contribution >= 0.6 is 0 Å². The molecule has 2 saturated heterocycles. The molecule has 2 aliphatic rings. The maximum atomic E-state index is 13.1. The molecule has 0 aromatic heterocycles. The maximum Gasteiger partial charge on any atom is 0.238 e. The van der Waals surface area contributed by atoms with Crippen LogP contribution in [0.15, 0.2) is 18.2 Å². The van der Waals surface area contributed by atoms with Crippen molar-refractivity contribution in [1.29, 1.82) is 0 Å². The molecule has 3 unspecified atom stereocenters. The topological polar surface area (TPSA) is 44.4 Å². The molecule has 0 spiro atoms. The third-order valence-electron chi connectivity index (χ3n) is 4.55. The number of likely N-dealkylation sites (tertiary alicyclic amines) is 1. The second-order valence-electron chi connectivity index (χ2n) is 5.96. The zero-order chi connectivity index (χ0) is 15.0. The Morgan fingerprint density at radius 3 is 2.71 bits per heavy atom. The highest BCUT2D eigenvalue weighted by Gasteiger charge is 2.42. The van der Waals surface area contributed by atoms with Gasteiger partial charge in [0.25, 0.3) is 0 Å². The summed E-state index contributed by atoms with van der Waals surface area (Å²) in [6.45, 7) is 5.28. The molecule has 0 radical (unpaired) electrons. The lowest BCUT2D eigenvalue weighted by Crippen LogP contribution is -2.38. The van der Waals surface area contributed by atoms with Gasteiger partial charge in [0.1, 0.15) is 11.6 Å². The van der Waals surface area contributed by atoms with Crippen LogP contribution in [0.5, 0.6) is 0 Å². The number of nitrogens with zero attached hydrogens (tertiary/aromatic N) is 1. The third kappa shape index (κ3) is 3.06. The van der Waals surface area contributed by atoms with Crippen molar-refractivity contribution in [2.45, 2.75) is 13.0 Å². The first-order valence-corrected chi connectivity index (χ1v) is 7.23. The van der Waals surface area contributed by atoms with Crippen molar-refractivity contribution < 1.29 is 13.6 Å². The van der Waals surface area contributed by atoms with E-state index in [4.69, 9.17) is 0 Å². The summed E-state index contributed by atoms with van der Waals surface area (Å²) in [6, 6.07) is 3.37. The minimum atomic E-state index is -0.694. The fourth-order valence-corrected chi connectivity index (χ4v) is 3.48. The predicted octanol–water partition coefficient (Wildman–Crippen LogP) is 1.44. The second kappa shape index (κ2) is 5.69. The van der Waals surface area contributed by atoms with Crippen LogP contribution in [0.1, 0.15) is 6.92 Å². The van der Waals surface area contributed by atoms with Crippen molar-refractivity contribution in [3.8, 4) is 0 Å². The van der Waals surface area contributed by atoms with Gasteiger partial charge < -0.3 is 10.6 Å². The first-order chi connectivity index (χ1) is 10.0. The van der Waals surface area contributed by atoms with Gasteiger partial charge in [0.15, 0.2) is 0 Å². The Labute approximate surface area is 122 Å². The number of nitrogens with one attached hydrogen (secondary N) is 2. The normalized spacial score (nSPS) is 28.6. The van der Waals surface area contributed by atoms with Crippen LogP contribution in [0, 0.1) is 23.5 Å². The van der Waals surface area contributed by atoms with Gasteiger partial charge in [0.05, 0.1) is 6.54 Å². The number of carbonyl (C=O) groups excluding carboxylic acids is 1. The third-order valence-corrected chi connectivity index (χ3v) is 4.55. The van der Waals surface area contributed by atoms with Crippen molar-refractivity contribution in [1.82, 2.24) is 10.2 Å². The van der Waals surface area contributed by atoms with E-state index >= 15 is 0 Å². The van der Waals surface area contributed by atoms with E-state index in [1.807, 2.05) is 0 Å². The SMILES string of the molecule is CC1C2CNCC2CN1CC(=O)Nc1cc(F)cc(F)c1. The van der Waals surface area contributed by atoms with Crippen molar-refractivity contribution in [3.05, 3.63) is 29.8 Å². The largest absolute Gasteiger partial charge is 0.325 e. The highest BCUT2D eigenvalue weighted by atomic mass is 19.1. The summed E-state index contributed by atoms with van der Waals surface area (Å²) in [5.41, 5.74) is 0.159. The van der Waals surface area contributed by atoms with Gasteiger partial charge in [-0.25, -0.2) is 8.78 Å². The zero-order valence-corrected chi connectivity index (χ0v) is 11.9. The molecule has 0 bridgehead atoms. The van der Waals surface area contributed by atoms with Crippen molar-refractivity contribution in [3.63, 3.8) is 0 Å². The highest BCUT2D eigenvalue weighted by molar-refractivity contribution is 5.92. The second-order valence-corrected chi connectivity index (χ2v) is 5.96. The van der Waals surface area contributed by atoms with Crippen LogP contribution in [0.2, 0.25) is 0 Å². The first-order valence-electron chi connectivity index (χ1n) is 7.23. The van der Waals surface area contributed by atoms with Gasteiger partial charge in [0.2, 0.25) is 5.91 Å². The summed E-state index contributed by atoms with van der Waals surface area (Å²) in [5, 5.41) is 5.93. The van der Waals surface area contributed by atoms with Crippen molar-refractivity contribution in [2.24, 2.45) is 11.8 Å². The average molecular weight is 295 g/mol. The molecule has 2 heterocycles. The number of fused-ring (bicyclic) bond motifs is 1. The predicted molar refractivity (Wildman–Crippen MR) is 75.9 cm³/mol. The maximum absolute atomic E-state index is 13.1. The van der Waals surface area contributed by atoms with Crippen LogP contribution in [-0.4, -0.2) is 43.0 Å². The molecular weight excluding hydrogens is 276 g/mol. The Morgan fingerprint density at radius 2 is 2.05 bits per heavy atom. The molecule has 1 aromatic rings. The molecule has 1 amide bonds. The molecule has 21 heavy (non-hydrogen) atoms. The van der Waals surface area contributed by atoms with Crippen molar-refractivity contribution >= 4 is 11.6 Å². The minimum Gasteiger partial charge on any atom is -0.325 e. The summed E-state index contributed by atoms with van der Waals surface area (Å²) in [6.07, 6.45) is 0. The van der Waals surface area contributed by atoms with Gasteiger partial charge in [-0.15, -0.1) is 0 Å². The van der Waals surface area contributed by atoms with E-state index in [2.05, 4.69) is 22.5 Å². The standard InChI is InChI=1S/C15H19F2N3O/c1-9-14-6-18-5-10(14)7-20(9)8-15(21)19-13-3-11(16)2-12(17)4-13/h2-4,9-10,14,18H,5-8H2,1H3,(H,19,21). The van der Waals surface area contributed by atoms with E-state index in [0.717, 1.165) is 37.8 Å². The number of amides is 1. The molecule has 2 fully saturated rings. The summed E-state index contributed by atoms with van der Waals surface area (Å²) >= 11 is 0. The van der Waals surface area contributed by atoms with Gasteiger partial charge in [-0.2, -0.15) is 0 Å². The highest BCUT2D eigenvalue weighted by Crippen LogP contribution is 2.31. The number of carbonyl (C=O) groups is 1. The molecule has 2 aliphatic heterocycles. The van der Waals surface area contributed by atoms with Crippen LogP contribution < -0.4 is 10.6 Å². The molecule has 114 valence electrons. The number of rotatable bonds is 3. The molecule has 2 N–H and O–H groups in total. The molecular formula is C15H19F2N3O. The summed E-state index contributed by atoms with van der Waals surface area (Å²) in [5.74, 6) is -0.440. The van der Waals surface area contributed by atoms with Crippen LogP contribution in [0.25, 0.3) is 0 Å². The van der Waals surface area contributed by atoms with Gasteiger partial charge in [-0.05, 0) is 44.0 Å². The van der Waals surface area contributed by atoms with Gasteiger partial charge in [-0.1, -0.05) is 0 Å². The van der Waals surface area contributed by atoms with E-state index in [-0.39, 0.29) is 18.1 Å². The van der Waals surface area contributed by atoms with Gasteiger partial charge in [-0.3, -0.25) is 9.69 Å². The lowest BCUT2D eigenvalue weighted by Gasteiger charge is -2.23. The number of hydrogen-bond donors (Lipinski definition) is 2. The Morgan fingerprint density at radius 1 is 1.33 bits per heavy atom. The molecule has 1 aromatic carbocycles. The Balaban J connectivity index is 1.59. The van der Waals surface area contributed by atoms with Crippen LogP contribution in [0.3, 0.4) is 0 Å². The molecule has 0 saturated carbocycles. The smallest absolute Gasteiger partial charge is 0.238 e. The number of benzene rings is 1. The van der Waals surface area contributed by atoms with Gasteiger partial charge in [0, 0.05) is 24.3 Å². The molecule has 6 heteroatoms. The fourth-order valence-electron chi connectivity index (χ4n) is 3.48. The van der Waals surface area contributed by atoms with E-state index in [1.54, 1.807) is 0 Å². The Kier molecular flexibility index (Phi) is 3.91. The van der Waals surface area contributed by atoms with E-state index in [9.17, 15) is 13.6 Å². The van der Waals surface area contributed by atoms with E-state index in [0.29, 0.717) is 17.9 Å². The Hall–Kier alpha value is -1.53. The van der Waals surface area contributed by atoms with Crippen LogP contribution in [0.4, 0.5) is 14.5 Å². The monoisotopic (exact) mass is 295 g/mol. The first kappa shape index (κ1) is 14.4. The number of anilines is 1.